The van der Waals surface area contributed by atoms with Crippen LogP contribution in [0.3, 0.4) is 0 Å². The summed E-state index contributed by atoms with van der Waals surface area (Å²) in [6, 6.07) is -0.486. The van der Waals surface area contributed by atoms with Crippen molar-refractivity contribution >= 4 is 17.7 Å². The molecule has 72 valence electrons. The molecule has 0 rings (SSSR count). The number of hydrogen-bond donors (Lipinski definition) is 2. The zero-order valence-electron chi connectivity index (χ0n) is 7.96. The van der Waals surface area contributed by atoms with Gasteiger partial charge in [-0.15, -0.1) is 0 Å². The van der Waals surface area contributed by atoms with Crippen molar-refractivity contribution in [2.24, 2.45) is 11.5 Å². The molecule has 0 radical (unpaired) electrons. The average Bonchev–Trinajstić information content (AvgIpc) is 1.84. The summed E-state index contributed by atoms with van der Waals surface area (Å²) in [7, 11) is 0. The Hall–Kier alpha value is -0.220. The maximum atomic E-state index is 10.5. The molecule has 1 amide bonds. The third kappa shape index (κ3) is 6.49. The zero-order chi connectivity index (χ0) is 9.78. The number of carbonyl (C=O) groups is 1. The number of thioether (sulfide) groups is 1. The van der Waals surface area contributed by atoms with Gasteiger partial charge in [0.15, 0.2) is 0 Å². The molecule has 0 aromatic rings. The largest absolute Gasteiger partial charge is 0.368 e. The Morgan fingerprint density at radius 3 is 2.33 bits per heavy atom. The molecule has 1 atom stereocenters. The molecule has 0 bridgehead atoms. The summed E-state index contributed by atoms with van der Waals surface area (Å²) < 4.78 is 0.233. The second-order valence-electron chi connectivity index (χ2n) is 3.76. The summed E-state index contributed by atoms with van der Waals surface area (Å²) in [4.78, 5) is 10.5. The molecule has 0 fully saturated rings. The highest BCUT2D eigenvalue weighted by Gasteiger charge is 2.13. The van der Waals surface area contributed by atoms with Crippen LogP contribution in [0.25, 0.3) is 0 Å². The molecule has 0 aromatic heterocycles. The summed E-state index contributed by atoms with van der Waals surface area (Å²) in [6.07, 6.45) is 0.664. The third-order valence-corrected chi connectivity index (χ3v) is 2.64. The molecule has 0 aliphatic rings. The fraction of sp³-hybridized carbons (Fsp3) is 0.875. The maximum Gasteiger partial charge on any atom is 0.234 e. The van der Waals surface area contributed by atoms with Crippen molar-refractivity contribution in [3.05, 3.63) is 0 Å². The molecule has 4 heteroatoms. The highest BCUT2D eigenvalue weighted by atomic mass is 32.2. The topological polar surface area (TPSA) is 69.1 Å². The van der Waals surface area contributed by atoms with Gasteiger partial charge in [-0.3, -0.25) is 4.79 Å². The van der Waals surface area contributed by atoms with Crippen LogP contribution in [0.4, 0.5) is 0 Å². The van der Waals surface area contributed by atoms with Crippen LogP contribution >= 0.6 is 11.8 Å². The monoisotopic (exact) mass is 190 g/mol. The minimum atomic E-state index is -0.486. The van der Waals surface area contributed by atoms with Crippen molar-refractivity contribution < 1.29 is 4.79 Å². The second-order valence-corrected chi connectivity index (χ2v) is 5.68. The van der Waals surface area contributed by atoms with E-state index in [1.54, 1.807) is 11.8 Å². The van der Waals surface area contributed by atoms with Crippen LogP contribution in [0.1, 0.15) is 27.2 Å². The van der Waals surface area contributed by atoms with Gasteiger partial charge in [-0.2, -0.15) is 11.8 Å². The SMILES string of the molecule is CC(C)(C)SCCC(N)C(N)=O. The summed E-state index contributed by atoms with van der Waals surface area (Å²) in [6.45, 7) is 6.40. The number of nitrogens with two attached hydrogens (primary N) is 2. The molecule has 0 heterocycles. The predicted molar refractivity (Wildman–Crippen MR) is 54.0 cm³/mol. The van der Waals surface area contributed by atoms with E-state index in [4.69, 9.17) is 11.5 Å². The number of carbonyl (C=O) groups excluding carboxylic acids is 1. The lowest BCUT2D eigenvalue weighted by atomic mass is 10.2. The first-order valence-corrected chi connectivity index (χ1v) is 5.00. The molecule has 0 saturated heterocycles. The average molecular weight is 190 g/mol. The second kappa shape index (κ2) is 4.72. The first-order valence-electron chi connectivity index (χ1n) is 4.02. The van der Waals surface area contributed by atoms with E-state index in [1.165, 1.54) is 0 Å². The van der Waals surface area contributed by atoms with Crippen molar-refractivity contribution in [2.75, 3.05) is 5.75 Å². The molecule has 1 unspecified atom stereocenters. The number of amides is 1. The molecule has 0 aliphatic heterocycles. The lowest BCUT2D eigenvalue weighted by Gasteiger charge is -2.18. The fourth-order valence-corrected chi connectivity index (χ4v) is 1.62. The van der Waals surface area contributed by atoms with Gasteiger partial charge in [0.1, 0.15) is 0 Å². The van der Waals surface area contributed by atoms with Crippen LogP contribution in [0, 0.1) is 0 Å². The molecule has 0 aromatic carbocycles. The molecular weight excluding hydrogens is 172 g/mol. The van der Waals surface area contributed by atoms with Gasteiger partial charge >= 0.3 is 0 Å². The first kappa shape index (κ1) is 11.8. The highest BCUT2D eigenvalue weighted by Crippen LogP contribution is 2.23. The van der Waals surface area contributed by atoms with Crippen molar-refractivity contribution in [2.45, 2.75) is 38.0 Å². The zero-order valence-corrected chi connectivity index (χ0v) is 8.78. The normalized spacial score (nSPS) is 14.3. The molecule has 0 saturated carbocycles. The number of hydrogen-bond acceptors (Lipinski definition) is 3. The van der Waals surface area contributed by atoms with E-state index in [9.17, 15) is 4.79 Å². The van der Waals surface area contributed by atoms with E-state index < -0.39 is 11.9 Å². The van der Waals surface area contributed by atoms with Crippen molar-refractivity contribution in [3.63, 3.8) is 0 Å². The minimum Gasteiger partial charge on any atom is -0.368 e. The standard InChI is InChI=1S/C8H18N2OS/c1-8(2,3)12-5-4-6(9)7(10)11/h6H,4-5,9H2,1-3H3,(H2,10,11). The molecule has 0 aliphatic carbocycles. The van der Waals surface area contributed by atoms with Crippen molar-refractivity contribution in [1.29, 1.82) is 0 Å². The molecule has 12 heavy (non-hydrogen) atoms. The summed E-state index contributed by atoms with van der Waals surface area (Å²) >= 11 is 1.79. The fourth-order valence-electron chi connectivity index (χ4n) is 0.634. The minimum absolute atomic E-state index is 0.233. The van der Waals surface area contributed by atoms with E-state index >= 15 is 0 Å². The third-order valence-electron chi connectivity index (χ3n) is 1.33. The van der Waals surface area contributed by atoms with E-state index in [1.807, 2.05) is 0 Å². The summed E-state index contributed by atoms with van der Waals surface area (Å²) in [5.74, 6) is 0.470. The Balaban J connectivity index is 3.51. The van der Waals surface area contributed by atoms with Gasteiger partial charge in [0.25, 0.3) is 0 Å². The molecular formula is C8H18N2OS. The van der Waals surface area contributed by atoms with Gasteiger partial charge in [-0.25, -0.2) is 0 Å². The Labute approximate surface area is 78.3 Å². The van der Waals surface area contributed by atoms with Crippen molar-refractivity contribution in [1.82, 2.24) is 0 Å². The highest BCUT2D eigenvalue weighted by molar-refractivity contribution is 8.00. The van der Waals surface area contributed by atoms with E-state index in [-0.39, 0.29) is 4.75 Å². The van der Waals surface area contributed by atoms with Gasteiger partial charge < -0.3 is 11.5 Å². The molecule has 0 spiro atoms. The Morgan fingerprint density at radius 1 is 1.50 bits per heavy atom. The van der Waals surface area contributed by atoms with E-state index in [0.29, 0.717) is 6.42 Å². The smallest absolute Gasteiger partial charge is 0.234 e. The first-order chi connectivity index (χ1) is 5.33. The van der Waals surface area contributed by atoms with Gasteiger partial charge in [0.2, 0.25) is 5.91 Å². The summed E-state index contributed by atoms with van der Waals surface area (Å²) in [5.41, 5.74) is 10.5. The van der Waals surface area contributed by atoms with Gasteiger partial charge in [-0.05, 0) is 12.2 Å². The lowest BCUT2D eigenvalue weighted by Crippen LogP contribution is -2.36. The maximum absolute atomic E-state index is 10.5. The lowest BCUT2D eigenvalue weighted by molar-refractivity contribution is -0.119. The quantitative estimate of drug-likeness (QED) is 0.686. The van der Waals surface area contributed by atoms with Gasteiger partial charge in [-0.1, -0.05) is 20.8 Å². The van der Waals surface area contributed by atoms with Gasteiger partial charge in [0.05, 0.1) is 6.04 Å². The van der Waals surface area contributed by atoms with Gasteiger partial charge in [0, 0.05) is 4.75 Å². The number of rotatable bonds is 4. The van der Waals surface area contributed by atoms with E-state index in [0.717, 1.165) is 5.75 Å². The van der Waals surface area contributed by atoms with Crippen LogP contribution in [0.5, 0.6) is 0 Å². The van der Waals surface area contributed by atoms with Crippen LogP contribution in [-0.4, -0.2) is 22.4 Å². The van der Waals surface area contributed by atoms with Crippen LogP contribution < -0.4 is 11.5 Å². The Bertz CT molecular complexity index is 154. The van der Waals surface area contributed by atoms with E-state index in [2.05, 4.69) is 20.8 Å². The predicted octanol–water partition coefficient (Wildman–Crippen LogP) is 0.721. The van der Waals surface area contributed by atoms with Crippen LogP contribution in [0.2, 0.25) is 0 Å². The Morgan fingerprint density at radius 2 is 2.00 bits per heavy atom. The van der Waals surface area contributed by atoms with Crippen LogP contribution in [0.15, 0.2) is 0 Å². The summed E-state index contributed by atoms with van der Waals surface area (Å²) in [5, 5.41) is 0. The van der Waals surface area contributed by atoms with Crippen LogP contribution in [-0.2, 0) is 4.79 Å². The number of primary amides is 1. The molecule has 3 nitrogen and oxygen atoms in total. The van der Waals surface area contributed by atoms with Crippen molar-refractivity contribution in [3.8, 4) is 0 Å². The Kier molecular flexibility index (Phi) is 4.63. The molecule has 4 N–H and O–H groups in total.